The lowest BCUT2D eigenvalue weighted by Gasteiger charge is -2.47. The van der Waals surface area contributed by atoms with Crippen LogP contribution in [0.4, 0.5) is 5.69 Å². The van der Waals surface area contributed by atoms with E-state index < -0.39 is 0 Å². The number of ether oxygens (including phenoxy) is 2. The molecule has 1 unspecified atom stereocenters. The van der Waals surface area contributed by atoms with Crippen LogP contribution in [-0.2, 0) is 9.53 Å². The number of esters is 1. The first-order valence-corrected chi connectivity index (χ1v) is 8.11. The molecule has 4 nitrogen and oxygen atoms in total. The van der Waals surface area contributed by atoms with Crippen molar-refractivity contribution in [1.29, 1.82) is 0 Å². The van der Waals surface area contributed by atoms with E-state index in [1.165, 1.54) is 12.7 Å². The van der Waals surface area contributed by atoms with Crippen LogP contribution in [0, 0.1) is 0 Å². The van der Waals surface area contributed by atoms with E-state index in [-0.39, 0.29) is 17.6 Å². The summed E-state index contributed by atoms with van der Waals surface area (Å²) in [6.45, 7) is 8.43. The van der Waals surface area contributed by atoms with Crippen molar-refractivity contribution in [3.8, 4) is 5.75 Å². The van der Waals surface area contributed by atoms with Gasteiger partial charge in [-0.1, -0.05) is 31.6 Å². The molecule has 2 rings (SSSR count). The topological polar surface area (TPSA) is 38.8 Å². The Balaban J connectivity index is 2.68. The number of allylic oxidation sites excluding steroid dienone is 1. The Morgan fingerprint density at radius 3 is 2.57 bits per heavy atom. The number of carbonyl (C=O) groups is 1. The summed E-state index contributed by atoms with van der Waals surface area (Å²) < 4.78 is 10.7. The zero-order chi connectivity index (χ0) is 17.2. The third-order valence-electron chi connectivity index (χ3n) is 4.42. The molecule has 1 aliphatic heterocycles. The number of carbonyl (C=O) groups excluding carboxylic acids is 1. The van der Waals surface area contributed by atoms with Crippen LogP contribution in [0.25, 0.3) is 5.57 Å². The van der Waals surface area contributed by atoms with Crippen LogP contribution in [-0.4, -0.2) is 31.8 Å². The van der Waals surface area contributed by atoms with E-state index in [0.717, 1.165) is 29.8 Å². The minimum Gasteiger partial charge on any atom is -0.495 e. The Morgan fingerprint density at radius 2 is 2.00 bits per heavy atom. The van der Waals surface area contributed by atoms with Crippen LogP contribution in [0.15, 0.2) is 24.3 Å². The number of benzene rings is 1. The Bertz CT molecular complexity index is 619. The standard InChI is InChI=1S/C19H27NO3/c1-7-9-15(18(21)23-6)20-17-14(10-8-11-16(17)22-5)13(2)12-19(20,3)4/h8,10-12,15H,7,9H2,1-6H3. The summed E-state index contributed by atoms with van der Waals surface area (Å²) in [6.07, 6.45) is 3.85. The second-order valence-corrected chi connectivity index (χ2v) is 6.54. The summed E-state index contributed by atoms with van der Waals surface area (Å²) in [5.74, 6) is 0.581. The lowest BCUT2D eigenvalue weighted by molar-refractivity contribution is -0.142. The van der Waals surface area contributed by atoms with Gasteiger partial charge in [-0.25, -0.2) is 4.79 Å². The summed E-state index contributed by atoms with van der Waals surface area (Å²) in [5.41, 5.74) is 2.97. The van der Waals surface area contributed by atoms with Gasteiger partial charge in [-0.15, -0.1) is 0 Å². The number of nitrogens with zero attached hydrogens (tertiary/aromatic N) is 1. The summed E-state index contributed by atoms with van der Waals surface area (Å²) in [7, 11) is 3.12. The van der Waals surface area contributed by atoms with Crippen molar-refractivity contribution in [2.75, 3.05) is 19.1 Å². The molecule has 0 aliphatic carbocycles. The van der Waals surface area contributed by atoms with Crippen molar-refractivity contribution >= 4 is 17.2 Å². The van der Waals surface area contributed by atoms with E-state index in [1.807, 2.05) is 12.1 Å². The summed E-state index contributed by atoms with van der Waals surface area (Å²) >= 11 is 0. The predicted molar refractivity (Wildman–Crippen MR) is 93.9 cm³/mol. The van der Waals surface area contributed by atoms with Crippen LogP contribution in [0.2, 0.25) is 0 Å². The van der Waals surface area contributed by atoms with Crippen LogP contribution in [0.5, 0.6) is 5.75 Å². The molecule has 4 heteroatoms. The van der Waals surface area contributed by atoms with E-state index in [2.05, 4.69) is 44.7 Å². The molecule has 0 saturated carbocycles. The van der Waals surface area contributed by atoms with E-state index >= 15 is 0 Å². The minimum absolute atomic E-state index is 0.204. The number of fused-ring (bicyclic) bond motifs is 1. The zero-order valence-electron chi connectivity index (χ0n) is 15.0. The summed E-state index contributed by atoms with van der Waals surface area (Å²) in [4.78, 5) is 14.6. The van der Waals surface area contributed by atoms with Gasteiger partial charge in [-0.05, 0) is 38.8 Å². The van der Waals surface area contributed by atoms with E-state index in [1.54, 1.807) is 7.11 Å². The first-order chi connectivity index (χ1) is 10.9. The number of methoxy groups -OCH3 is 2. The van der Waals surface area contributed by atoms with Gasteiger partial charge in [0, 0.05) is 5.56 Å². The van der Waals surface area contributed by atoms with Gasteiger partial charge in [0.15, 0.2) is 0 Å². The highest BCUT2D eigenvalue weighted by Gasteiger charge is 2.40. The molecule has 0 aromatic heterocycles. The number of rotatable bonds is 5. The largest absolute Gasteiger partial charge is 0.495 e. The van der Waals surface area contributed by atoms with Crippen molar-refractivity contribution in [3.05, 3.63) is 29.8 Å². The predicted octanol–water partition coefficient (Wildman–Crippen LogP) is 4.04. The Hall–Kier alpha value is -1.97. The molecule has 1 aliphatic rings. The number of hydrogen-bond acceptors (Lipinski definition) is 4. The van der Waals surface area contributed by atoms with Gasteiger partial charge in [-0.3, -0.25) is 0 Å². The number of para-hydroxylation sites is 1. The van der Waals surface area contributed by atoms with Crippen LogP contribution in [0.1, 0.15) is 46.1 Å². The molecule has 1 heterocycles. The first-order valence-electron chi connectivity index (χ1n) is 8.11. The van der Waals surface area contributed by atoms with Gasteiger partial charge >= 0.3 is 5.97 Å². The highest BCUT2D eigenvalue weighted by atomic mass is 16.5. The fourth-order valence-corrected chi connectivity index (χ4v) is 3.54. The number of anilines is 1. The Labute approximate surface area is 139 Å². The molecule has 0 N–H and O–H groups in total. The summed E-state index contributed by atoms with van der Waals surface area (Å²) in [6, 6.07) is 5.67. The van der Waals surface area contributed by atoms with Crippen molar-refractivity contribution < 1.29 is 14.3 Å². The smallest absolute Gasteiger partial charge is 0.328 e. The second kappa shape index (κ2) is 6.65. The molecule has 0 radical (unpaired) electrons. The molecule has 0 saturated heterocycles. The quantitative estimate of drug-likeness (QED) is 0.768. The van der Waals surface area contributed by atoms with Crippen LogP contribution < -0.4 is 9.64 Å². The van der Waals surface area contributed by atoms with E-state index in [0.29, 0.717) is 0 Å². The van der Waals surface area contributed by atoms with Crippen molar-refractivity contribution in [1.82, 2.24) is 0 Å². The highest BCUT2D eigenvalue weighted by Crippen LogP contribution is 2.46. The molecule has 0 fully saturated rings. The third-order valence-corrected chi connectivity index (χ3v) is 4.42. The average molecular weight is 317 g/mol. The molecule has 0 spiro atoms. The van der Waals surface area contributed by atoms with Gasteiger partial charge < -0.3 is 14.4 Å². The maximum Gasteiger partial charge on any atom is 0.328 e. The van der Waals surface area contributed by atoms with Crippen LogP contribution in [0.3, 0.4) is 0 Å². The van der Waals surface area contributed by atoms with E-state index in [9.17, 15) is 4.79 Å². The highest BCUT2D eigenvalue weighted by molar-refractivity contribution is 5.89. The minimum atomic E-state index is -0.334. The molecular weight excluding hydrogens is 290 g/mol. The molecule has 1 aromatic rings. The molecule has 1 aromatic carbocycles. The third kappa shape index (κ3) is 3.07. The van der Waals surface area contributed by atoms with Crippen molar-refractivity contribution in [3.63, 3.8) is 0 Å². The van der Waals surface area contributed by atoms with E-state index in [4.69, 9.17) is 9.47 Å². The zero-order valence-corrected chi connectivity index (χ0v) is 15.0. The molecule has 0 amide bonds. The first kappa shape index (κ1) is 17.4. The average Bonchev–Trinajstić information content (AvgIpc) is 2.52. The van der Waals surface area contributed by atoms with Gasteiger partial charge in [-0.2, -0.15) is 0 Å². The number of hydrogen-bond donors (Lipinski definition) is 0. The van der Waals surface area contributed by atoms with Gasteiger partial charge in [0.05, 0.1) is 25.4 Å². The summed E-state index contributed by atoms with van der Waals surface area (Å²) in [5, 5.41) is 0. The lowest BCUT2D eigenvalue weighted by Crippen LogP contribution is -2.54. The maximum atomic E-state index is 12.5. The van der Waals surface area contributed by atoms with Gasteiger partial charge in [0.1, 0.15) is 11.8 Å². The second-order valence-electron chi connectivity index (χ2n) is 6.54. The van der Waals surface area contributed by atoms with Crippen LogP contribution >= 0.6 is 0 Å². The normalized spacial score (nSPS) is 17.1. The molecule has 23 heavy (non-hydrogen) atoms. The molecule has 0 bridgehead atoms. The molecular formula is C19H27NO3. The maximum absolute atomic E-state index is 12.5. The monoisotopic (exact) mass is 317 g/mol. The molecule has 126 valence electrons. The Morgan fingerprint density at radius 1 is 1.30 bits per heavy atom. The van der Waals surface area contributed by atoms with Crippen molar-refractivity contribution in [2.24, 2.45) is 0 Å². The fraction of sp³-hybridized carbons (Fsp3) is 0.526. The Kier molecular flexibility index (Phi) is 5.03. The van der Waals surface area contributed by atoms with Crippen molar-refractivity contribution in [2.45, 2.75) is 52.1 Å². The van der Waals surface area contributed by atoms with Gasteiger partial charge in [0.25, 0.3) is 0 Å². The molecule has 1 atom stereocenters. The van der Waals surface area contributed by atoms with Gasteiger partial charge in [0.2, 0.25) is 0 Å². The fourth-order valence-electron chi connectivity index (χ4n) is 3.54. The lowest BCUT2D eigenvalue weighted by atomic mass is 9.86. The SMILES string of the molecule is CCCC(C(=O)OC)N1c2c(OC)cccc2C(C)=CC1(C)C.